The second-order valence-corrected chi connectivity index (χ2v) is 12.2. The molecule has 4 heterocycles. The predicted octanol–water partition coefficient (Wildman–Crippen LogP) is 5.99. The van der Waals surface area contributed by atoms with Crippen LogP contribution in [0.4, 0.5) is 8.78 Å². The summed E-state index contributed by atoms with van der Waals surface area (Å²) in [5.74, 6) is -0.699. The smallest absolute Gasteiger partial charge is 0.127 e. The van der Waals surface area contributed by atoms with E-state index >= 15 is 4.39 Å². The number of fused-ring (bicyclic) bond motifs is 6. The molecule has 2 N–H and O–H groups in total. The van der Waals surface area contributed by atoms with Crippen LogP contribution in [0.1, 0.15) is 79.6 Å². The number of hydrogen-bond acceptors (Lipinski definition) is 4. The molecule has 4 aliphatic rings. The van der Waals surface area contributed by atoms with Crippen LogP contribution in [0, 0.1) is 23.5 Å². The third-order valence-corrected chi connectivity index (χ3v) is 10.2. The topological polar surface area (TPSA) is 76.1 Å². The minimum atomic E-state index is -0.660. The molecule has 8 rings (SSSR count). The zero-order valence-electron chi connectivity index (χ0n) is 22.1. The fraction of sp³-hybridized carbons (Fsp3) is 0.438. The van der Waals surface area contributed by atoms with E-state index in [4.69, 9.17) is 0 Å². The molecular formula is C32H32F2N4O2. The summed E-state index contributed by atoms with van der Waals surface area (Å²) in [7, 11) is 0. The molecule has 8 heteroatoms. The molecule has 0 amide bonds. The van der Waals surface area contributed by atoms with E-state index < -0.39 is 6.10 Å². The highest BCUT2D eigenvalue weighted by molar-refractivity contribution is 5.74. The molecule has 2 saturated carbocycles. The molecule has 2 fully saturated rings. The van der Waals surface area contributed by atoms with Gasteiger partial charge in [-0.05, 0) is 67.3 Å². The Bertz CT molecular complexity index is 1610. The van der Waals surface area contributed by atoms with Crippen LogP contribution in [-0.4, -0.2) is 41.5 Å². The maximum absolute atomic E-state index is 15.8. The number of imidazole rings is 2. The number of aliphatic hydroxyl groups is 2. The summed E-state index contributed by atoms with van der Waals surface area (Å²) >= 11 is 0. The van der Waals surface area contributed by atoms with Crippen molar-refractivity contribution < 1.29 is 19.0 Å². The number of nitrogens with zero attached hydrogens (tertiary/aromatic N) is 4. The highest BCUT2D eigenvalue weighted by Gasteiger charge is 2.45. The van der Waals surface area contributed by atoms with Crippen molar-refractivity contribution in [2.24, 2.45) is 11.8 Å². The van der Waals surface area contributed by atoms with Crippen molar-refractivity contribution in [3.63, 3.8) is 0 Å². The van der Waals surface area contributed by atoms with E-state index in [-0.39, 0.29) is 47.6 Å². The fourth-order valence-corrected chi connectivity index (χ4v) is 8.49. The minimum Gasteiger partial charge on any atom is -0.393 e. The summed E-state index contributed by atoms with van der Waals surface area (Å²) in [6.45, 7) is 0. The summed E-state index contributed by atoms with van der Waals surface area (Å²) in [6, 6.07) is 8.14. The third-order valence-electron chi connectivity index (χ3n) is 10.2. The number of rotatable bonds is 3. The van der Waals surface area contributed by atoms with Crippen molar-refractivity contribution in [2.75, 3.05) is 0 Å². The fourth-order valence-electron chi connectivity index (χ4n) is 8.49. The van der Waals surface area contributed by atoms with E-state index in [2.05, 4.69) is 19.1 Å². The third kappa shape index (κ3) is 3.45. The van der Waals surface area contributed by atoms with E-state index in [1.54, 1.807) is 24.7 Å². The molecule has 6 nitrogen and oxygen atoms in total. The average molecular weight is 543 g/mol. The monoisotopic (exact) mass is 542 g/mol. The minimum absolute atomic E-state index is 0.0570. The summed E-state index contributed by atoms with van der Waals surface area (Å²) in [4.78, 5) is 8.73. The summed E-state index contributed by atoms with van der Waals surface area (Å²) in [5.41, 5.74) is 6.23. The predicted molar refractivity (Wildman–Crippen MR) is 146 cm³/mol. The zero-order valence-corrected chi connectivity index (χ0v) is 22.1. The Morgan fingerprint density at radius 3 is 2.25 bits per heavy atom. The lowest BCUT2D eigenvalue weighted by Gasteiger charge is -2.38. The van der Waals surface area contributed by atoms with Gasteiger partial charge in [-0.15, -0.1) is 0 Å². The number of benzene rings is 2. The van der Waals surface area contributed by atoms with Gasteiger partial charge in [0, 0.05) is 28.5 Å². The van der Waals surface area contributed by atoms with Gasteiger partial charge in [-0.3, -0.25) is 0 Å². The molecule has 0 saturated heterocycles. The van der Waals surface area contributed by atoms with Crippen molar-refractivity contribution in [1.82, 2.24) is 19.1 Å². The first-order valence-electron chi connectivity index (χ1n) is 14.5. The van der Waals surface area contributed by atoms with Gasteiger partial charge in [-0.2, -0.15) is 0 Å². The molecule has 206 valence electrons. The summed E-state index contributed by atoms with van der Waals surface area (Å²) in [5, 5.41) is 22.5. The standard InChI is InChI=1S/C32H32F2N4O2/c33-18-6-8-19-23(12-18)25-13-35-15-37(25)31(19)21-7-5-17(11-28(21)40)29-24(34)10-9-22-30(29)26-14-36-16-38(26)32(22)20-3-1-2-4-27(20)39/h6,8-10,12-17,20-21,27-28,31-32,39-40H,1-5,7,11H2/t17?,20-,21+,27-,28+,31+,32+/m0/s1. The second kappa shape index (κ2) is 9.08. The Morgan fingerprint density at radius 2 is 1.45 bits per heavy atom. The van der Waals surface area contributed by atoms with Crippen LogP contribution < -0.4 is 0 Å². The van der Waals surface area contributed by atoms with E-state index in [0.717, 1.165) is 65.7 Å². The summed E-state index contributed by atoms with van der Waals surface area (Å²) in [6.07, 6.45) is 11.8. The number of hydrogen-bond donors (Lipinski definition) is 2. The van der Waals surface area contributed by atoms with Crippen molar-refractivity contribution in [1.29, 1.82) is 0 Å². The molecule has 2 aromatic heterocycles. The Balaban J connectivity index is 1.14. The molecule has 2 aliphatic heterocycles. The van der Waals surface area contributed by atoms with Gasteiger partial charge in [-0.1, -0.05) is 25.0 Å². The van der Waals surface area contributed by atoms with Gasteiger partial charge in [0.15, 0.2) is 0 Å². The Labute approximate surface area is 231 Å². The first-order valence-corrected chi connectivity index (χ1v) is 14.5. The van der Waals surface area contributed by atoms with Crippen LogP contribution in [0.25, 0.3) is 22.5 Å². The maximum atomic E-state index is 15.8. The molecule has 0 radical (unpaired) electrons. The maximum Gasteiger partial charge on any atom is 0.127 e. The molecule has 2 aromatic carbocycles. The van der Waals surface area contributed by atoms with Crippen LogP contribution in [0.5, 0.6) is 0 Å². The van der Waals surface area contributed by atoms with Crippen LogP contribution in [0.2, 0.25) is 0 Å². The van der Waals surface area contributed by atoms with Crippen LogP contribution in [0.15, 0.2) is 55.4 Å². The van der Waals surface area contributed by atoms with Crippen molar-refractivity contribution in [2.45, 2.75) is 75.2 Å². The first-order chi connectivity index (χ1) is 19.5. The molecule has 2 aliphatic carbocycles. The van der Waals surface area contributed by atoms with E-state index in [1.165, 1.54) is 6.07 Å². The zero-order chi connectivity index (χ0) is 27.1. The van der Waals surface area contributed by atoms with Gasteiger partial charge in [-0.25, -0.2) is 18.7 Å². The van der Waals surface area contributed by atoms with E-state index in [9.17, 15) is 14.6 Å². The quantitative estimate of drug-likeness (QED) is 0.333. The van der Waals surface area contributed by atoms with Crippen LogP contribution in [-0.2, 0) is 0 Å². The molecular weight excluding hydrogens is 510 g/mol. The van der Waals surface area contributed by atoms with Gasteiger partial charge < -0.3 is 19.3 Å². The normalized spacial score (nSPS) is 30.6. The molecule has 4 aromatic rings. The SMILES string of the molecule is O[C@@H]1CC(c2c(F)ccc3c2-c2cncn2[C@@H]3[C@H]2CCCC[C@@H]2O)CC[C@H]1[C@H]1c2ccc(F)cc2-c2cncn21. The first kappa shape index (κ1) is 24.4. The lowest BCUT2D eigenvalue weighted by Crippen LogP contribution is -2.35. The van der Waals surface area contributed by atoms with Crippen LogP contribution in [0.3, 0.4) is 0 Å². The highest BCUT2D eigenvalue weighted by atomic mass is 19.1. The molecule has 7 atom stereocenters. The van der Waals surface area contributed by atoms with Gasteiger partial charge >= 0.3 is 0 Å². The largest absolute Gasteiger partial charge is 0.393 e. The Kier molecular flexibility index (Phi) is 5.55. The highest BCUT2D eigenvalue weighted by Crippen LogP contribution is 2.54. The van der Waals surface area contributed by atoms with Gasteiger partial charge in [0.2, 0.25) is 0 Å². The Morgan fingerprint density at radius 1 is 0.750 bits per heavy atom. The Hall–Kier alpha value is -3.36. The average Bonchev–Trinajstić information content (AvgIpc) is 3.71. The van der Waals surface area contributed by atoms with Crippen molar-refractivity contribution >= 4 is 0 Å². The van der Waals surface area contributed by atoms with Crippen molar-refractivity contribution in [3.8, 4) is 22.5 Å². The van der Waals surface area contributed by atoms with Gasteiger partial charge in [0.1, 0.15) is 11.6 Å². The van der Waals surface area contributed by atoms with E-state index in [1.807, 2.05) is 24.7 Å². The summed E-state index contributed by atoms with van der Waals surface area (Å²) < 4.78 is 34.1. The molecule has 0 spiro atoms. The van der Waals surface area contributed by atoms with Gasteiger partial charge in [0.25, 0.3) is 0 Å². The lowest BCUT2D eigenvalue weighted by atomic mass is 9.71. The van der Waals surface area contributed by atoms with Crippen molar-refractivity contribution in [3.05, 3.63) is 83.7 Å². The molecule has 0 bridgehead atoms. The number of halogens is 2. The van der Waals surface area contributed by atoms with E-state index in [0.29, 0.717) is 18.4 Å². The second-order valence-electron chi connectivity index (χ2n) is 12.2. The number of aliphatic hydroxyl groups excluding tert-OH is 2. The van der Waals surface area contributed by atoms with Gasteiger partial charge in [0.05, 0.1) is 60.7 Å². The lowest BCUT2D eigenvalue weighted by molar-refractivity contribution is 0.0413. The molecule has 1 unspecified atom stereocenters. The van der Waals surface area contributed by atoms with Crippen LogP contribution >= 0.6 is 0 Å². The molecule has 40 heavy (non-hydrogen) atoms. The number of aromatic nitrogens is 4.